The number of hydrogen-bond acceptors (Lipinski definition) is 2. The molecule has 84 valence electrons. The monoisotopic (exact) mass is 270 g/mol. The number of nitrogens with two attached hydrogens (primary N) is 1. The van der Waals surface area contributed by atoms with Crippen LogP contribution in [0.3, 0.4) is 0 Å². The summed E-state index contributed by atoms with van der Waals surface area (Å²) < 4.78 is 1.14. The molecule has 1 unspecified atom stereocenters. The van der Waals surface area contributed by atoms with Crippen molar-refractivity contribution in [2.75, 3.05) is 18.5 Å². The van der Waals surface area contributed by atoms with Crippen molar-refractivity contribution < 1.29 is 0 Å². The van der Waals surface area contributed by atoms with Crippen LogP contribution in [0, 0.1) is 0 Å². The first-order chi connectivity index (χ1) is 7.04. The molecular weight excluding hydrogens is 252 g/mol. The van der Waals surface area contributed by atoms with Crippen molar-refractivity contribution in [2.24, 2.45) is 5.73 Å². The highest BCUT2D eigenvalue weighted by atomic mass is 79.9. The van der Waals surface area contributed by atoms with Gasteiger partial charge in [-0.15, -0.1) is 0 Å². The van der Waals surface area contributed by atoms with Gasteiger partial charge in [-0.3, -0.25) is 0 Å². The Morgan fingerprint density at radius 1 is 1.47 bits per heavy atom. The van der Waals surface area contributed by atoms with Gasteiger partial charge < -0.3 is 10.6 Å². The summed E-state index contributed by atoms with van der Waals surface area (Å²) in [4.78, 5) is 2.21. The van der Waals surface area contributed by atoms with Crippen LogP contribution in [0.1, 0.15) is 19.4 Å². The van der Waals surface area contributed by atoms with Crippen molar-refractivity contribution in [1.82, 2.24) is 0 Å². The lowest BCUT2D eigenvalue weighted by Crippen LogP contribution is -2.18. The summed E-state index contributed by atoms with van der Waals surface area (Å²) >= 11 is 3.60. The quantitative estimate of drug-likeness (QED) is 0.912. The van der Waals surface area contributed by atoms with Crippen molar-refractivity contribution >= 4 is 21.6 Å². The van der Waals surface area contributed by atoms with Crippen molar-refractivity contribution in [3.8, 4) is 0 Å². The third kappa shape index (κ3) is 3.50. The van der Waals surface area contributed by atoms with Gasteiger partial charge in [-0.25, -0.2) is 0 Å². The zero-order valence-electron chi connectivity index (χ0n) is 9.63. The first-order valence-corrected chi connectivity index (χ1v) is 6.09. The molecule has 0 aliphatic rings. The fraction of sp³-hybridized carbons (Fsp3) is 0.500. The molecule has 0 aromatic heterocycles. The first-order valence-electron chi connectivity index (χ1n) is 5.29. The SMILES string of the molecule is CCN(C)c1ccc(CC(C)N)cc1Br. The van der Waals surface area contributed by atoms with E-state index in [0.29, 0.717) is 0 Å². The van der Waals surface area contributed by atoms with Gasteiger partial charge in [-0.1, -0.05) is 6.07 Å². The molecule has 0 amide bonds. The summed E-state index contributed by atoms with van der Waals surface area (Å²) in [5.41, 5.74) is 8.28. The molecule has 0 spiro atoms. The summed E-state index contributed by atoms with van der Waals surface area (Å²) in [5.74, 6) is 0. The lowest BCUT2D eigenvalue weighted by molar-refractivity contribution is 0.737. The van der Waals surface area contributed by atoms with E-state index in [0.717, 1.165) is 17.4 Å². The van der Waals surface area contributed by atoms with Gasteiger partial charge in [-0.05, 0) is 53.9 Å². The van der Waals surface area contributed by atoms with Crippen LogP contribution in [0.25, 0.3) is 0 Å². The molecule has 1 rings (SSSR count). The van der Waals surface area contributed by atoms with Crippen LogP contribution in [0.2, 0.25) is 0 Å². The predicted molar refractivity (Wildman–Crippen MR) is 70.4 cm³/mol. The maximum Gasteiger partial charge on any atom is 0.0508 e. The minimum absolute atomic E-state index is 0.214. The molecule has 0 saturated carbocycles. The maximum atomic E-state index is 5.77. The lowest BCUT2D eigenvalue weighted by atomic mass is 10.1. The molecule has 0 saturated heterocycles. The van der Waals surface area contributed by atoms with Crippen LogP contribution >= 0.6 is 15.9 Å². The molecule has 0 radical (unpaired) electrons. The molecule has 0 aliphatic carbocycles. The highest BCUT2D eigenvalue weighted by molar-refractivity contribution is 9.10. The largest absolute Gasteiger partial charge is 0.374 e. The Morgan fingerprint density at radius 2 is 2.13 bits per heavy atom. The van der Waals surface area contributed by atoms with E-state index >= 15 is 0 Å². The molecule has 0 aliphatic heterocycles. The molecule has 0 bridgehead atoms. The highest BCUT2D eigenvalue weighted by Crippen LogP contribution is 2.26. The second-order valence-electron chi connectivity index (χ2n) is 3.98. The average Bonchev–Trinajstić information content (AvgIpc) is 2.16. The van der Waals surface area contributed by atoms with Gasteiger partial charge in [-0.2, -0.15) is 0 Å². The van der Waals surface area contributed by atoms with Gasteiger partial charge in [0.1, 0.15) is 0 Å². The molecule has 1 aromatic carbocycles. The van der Waals surface area contributed by atoms with Gasteiger partial charge in [0.15, 0.2) is 0 Å². The Bertz CT molecular complexity index is 323. The number of anilines is 1. The van der Waals surface area contributed by atoms with E-state index in [9.17, 15) is 0 Å². The maximum absolute atomic E-state index is 5.77. The van der Waals surface area contributed by atoms with Gasteiger partial charge in [0.25, 0.3) is 0 Å². The molecular formula is C12H19BrN2. The summed E-state index contributed by atoms with van der Waals surface area (Å²) in [7, 11) is 2.09. The lowest BCUT2D eigenvalue weighted by Gasteiger charge is -2.19. The fourth-order valence-electron chi connectivity index (χ4n) is 1.53. The number of nitrogens with zero attached hydrogens (tertiary/aromatic N) is 1. The van der Waals surface area contributed by atoms with Crippen molar-refractivity contribution in [3.63, 3.8) is 0 Å². The number of halogens is 1. The first kappa shape index (κ1) is 12.5. The van der Waals surface area contributed by atoms with Crippen LogP contribution in [0.15, 0.2) is 22.7 Å². The van der Waals surface area contributed by atoms with E-state index in [1.807, 2.05) is 6.92 Å². The highest BCUT2D eigenvalue weighted by Gasteiger charge is 2.05. The Labute approximate surface area is 101 Å². The molecule has 0 heterocycles. The van der Waals surface area contributed by atoms with Gasteiger partial charge in [0.05, 0.1) is 5.69 Å². The smallest absolute Gasteiger partial charge is 0.0508 e. The Hall–Kier alpha value is -0.540. The topological polar surface area (TPSA) is 29.3 Å². The van der Waals surface area contributed by atoms with Gasteiger partial charge in [0.2, 0.25) is 0 Å². The third-order valence-corrected chi connectivity index (χ3v) is 3.09. The molecule has 2 nitrogen and oxygen atoms in total. The summed E-state index contributed by atoms with van der Waals surface area (Å²) in [5, 5.41) is 0. The zero-order chi connectivity index (χ0) is 11.4. The summed E-state index contributed by atoms with van der Waals surface area (Å²) in [6.07, 6.45) is 0.925. The van der Waals surface area contributed by atoms with Crippen LogP contribution in [-0.4, -0.2) is 19.6 Å². The van der Waals surface area contributed by atoms with E-state index in [2.05, 4.69) is 53.0 Å². The standard InChI is InChI=1S/C12H19BrN2/c1-4-15(3)12-6-5-10(7-9(2)14)8-11(12)13/h5-6,8-9H,4,7,14H2,1-3H3. The Morgan fingerprint density at radius 3 is 2.60 bits per heavy atom. The Balaban J connectivity index is 2.88. The van der Waals surface area contributed by atoms with E-state index in [-0.39, 0.29) is 6.04 Å². The van der Waals surface area contributed by atoms with Crippen LogP contribution < -0.4 is 10.6 Å². The number of benzene rings is 1. The zero-order valence-corrected chi connectivity index (χ0v) is 11.2. The van der Waals surface area contributed by atoms with Crippen molar-refractivity contribution in [3.05, 3.63) is 28.2 Å². The average molecular weight is 271 g/mol. The molecule has 1 aromatic rings. The van der Waals surface area contributed by atoms with Crippen molar-refractivity contribution in [1.29, 1.82) is 0 Å². The van der Waals surface area contributed by atoms with Crippen LogP contribution in [-0.2, 0) is 6.42 Å². The van der Waals surface area contributed by atoms with E-state index in [1.165, 1.54) is 11.3 Å². The second-order valence-corrected chi connectivity index (χ2v) is 4.84. The number of hydrogen-bond donors (Lipinski definition) is 1. The van der Waals surface area contributed by atoms with E-state index < -0.39 is 0 Å². The third-order valence-electron chi connectivity index (χ3n) is 2.46. The molecule has 0 fully saturated rings. The van der Waals surface area contributed by atoms with Crippen LogP contribution in [0.5, 0.6) is 0 Å². The van der Waals surface area contributed by atoms with E-state index in [4.69, 9.17) is 5.73 Å². The Kier molecular flexibility index (Phi) is 4.61. The second kappa shape index (κ2) is 5.52. The molecule has 2 N–H and O–H groups in total. The number of rotatable bonds is 4. The predicted octanol–water partition coefficient (Wildman–Crippen LogP) is 2.79. The summed E-state index contributed by atoms with van der Waals surface area (Å²) in [6, 6.07) is 6.66. The molecule has 15 heavy (non-hydrogen) atoms. The minimum Gasteiger partial charge on any atom is -0.374 e. The molecule has 3 heteroatoms. The molecule has 1 atom stereocenters. The fourth-order valence-corrected chi connectivity index (χ4v) is 2.26. The minimum atomic E-state index is 0.214. The van der Waals surface area contributed by atoms with Crippen LogP contribution in [0.4, 0.5) is 5.69 Å². The van der Waals surface area contributed by atoms with Gasteiger partial charge >= 0.3 is 0 Å². The normalized spacial score (nSPS) is 12.6. The van der Waals surface area contributed by atoms with Crippen molar-refractivity contribution in [2.45, 2.75) is 26.3 Å². The summed E-state index contributed by atoms with van der Waals surface area (Å²) in [6.45, 7) is 5.17. The van der Waals surface area contributed by atoms with E-state index in [1.54, 1.807) is 0 Å². The van der Waals surface area contributed by atoms with Gasteiger partial charge in [0, 0.05) is 24.1 Å².